The third kappa shape index (κ3) is 4.41. The van der Waals surface area contributed by atoms with E-state index >= 15 is 0 Å². The fourth-order valence-electron chi connectivity index (χ4n) is 11.4. The van der Waals surface area contributed by atoms with Gasteiger partial charge in [0.25, 0.3) is 0 Å². The molecule has 5 aliphatic carbocycles. The molecular formula is C33H54O6. The summed E-state index contributed by atoms with van der Waals surface area (Å²) in [5, 5.41) is 40.4. The molecule has 0 unspecified atom stereocenters. The standard InChI is InChI=1S/C33H54O6/c1-17(2)21-8-6-18(3)27-23(21)15-25-22-9-7-19-14-20(10-12-32(19,4)24(22)11-13-33(25,27)5)38-31-30(37)29(36)28(35)26(16-34)39-31/h7,17-18,20-31,34-37H,6,8-16H2,1-5H3/t18-,20+,21+,22-,23-,24+,25+,26-,27+,28-,29+,30-,31-,32+,33+/m1/s1. The molecule has 6 rings (SSSR count). The molecule has 6 aliphatic rings. The lowest BCUT2D eigenvalue weighted by Gasteiger charge is -2.59. The molecule has 4 N–H and O–H groups in total. The molecule has 0 aromatic heterocycles. The lowest BCUT2D eigenvalue weighted by molar-refractivity contribution is -0.313. The summed E-state index contributed by atoms with van der Waals surface area (Å²) in [6, 6.07) is 0. The second-order valence-electron chi connectivity index (χ2n) is 15.4. The van der Waals surface area contributed by atoms with Gasteiger partial charge in [-0.2, -0.15) is 0 Å². The van der Waals surface area contributed by atoms with Crippen LogP contribution in [0.25, 0.3) is 0 Å². The zero-order valence-electron chi connectivity index (χ0n) is 24.8. The SMILES string of the molecule is CC(C)[C@@H]1CC[C@@H](C)[C@H]2[C@@H]1C[C@H]1[C@@H]3CC=C4C[C@@H](O[C@@H]5O[C@H](CO)[C@@H](O)[C@H](O)[C@H]5O)CC[C@]4(C)[C@H]3CC[C@]21C. The van der Waals surface area contributed by atoms with Gasteiger partial charge >= 0.3 is 0 Å². The summed E-state index contributed by atoms with van der Waals surface area (Å²) in [6.07, 6.45) is 7.38. The smallest absolute Gasteiger partial charge is 0.186 e. The first-order valence-corrected chi connectivity index (χ1v) is 16.1. The molecule has 6 nitrogen and oxygen atoms in total. The molecule has 1 aliphatic heterocycles. The van der Waals surface area contributed by atoms with Gasteiger partial charge in [0.1, 0.15) is 24.4 Å². The molecule has 15 atom stereocenters. The van der Waals surface area contributed by atoms with Crippen LogP contribution in [0, 0.1) is 58.2 Å². The minimum absolute atomic E-state index is 0.0989. The lowest BCUT2D eigenvalue weighted by atomic mass is 9.46. The molecule has 1 saturated heterocycles. The van der Waals surface area contributed by atoms with E-state index in [1.54, 1.807) is 0 Å². The van der Waals surface area contributed by atoms with Gasteiger partial charge < -0.3 is 29.9 Å². The van der Waals surface area contributed by atoms with Gasteiger partial charge in [-0.3, -0.25) is 0 Å². The van der Waals surface area contributed by atoms with Crippen molar-refractivity contribution in [3.63, 3.8) is 0 Å². The molecule has 0 bridgehead atoms. The summed E-state index contributed by atoms with van der Waals surface area (Å²) >= 11 is 0. The average molecular weight is 547 g/mol. The van der Waals surface area contributed by atoms with Crippen LogP contribution in [0.1, 0.15) is 92.4 Å². The summed E-state index contributed by atoms with van der Waals surface area (Å²) in [5.74, 6) is 6.70. The number of aliphatic hydroxyl groups is 4. The Morgan fingerprint density at radius 3 is 2.46 bits per heavy atom. The number of hydrogen-bond donors (Lipinski definition) is 4. The minimum Gasteiger partial charge on any atom is -0.394 e. The van der Waals surface area contributed by atoms with E-state index in [0.717, 1.165) is 66.6 Å². The highest BCUT2D eigenvalue weighted by molar-refractivity contribution is 5.26. The van der Waals surface area contributed by atoms with Crippen molar-refractivity contribution in [2.75, 3.05) is 6.61 Å². The molecule has 0 aromatic carbocycles. The Hall–Kier alpha value is -0.500. The largest absolute Gasteiger partial charge is 0.394 e. The van der Waals surface area contributed by atoms with Gasteiger partial charge in [-0.1, -0.05) is 52.7 Å². The van der Waals surface area contributed by atoms with Crippen molar-refractivity contribution in [3.05, 3.63) is 11.6 Å². The van der Waals surface area contributed by atoms with Crippen LogP contribution >= 0.6 is 0 Å². The van der Waals surface area contributed by atoms with E-state index in [9.17, 15) is 20.4 Å². The number of hydrogen-bond acceptors (Lipinski definition) is 6. The van der Waals surface area contributed by atoms with Gasteiger partial charge in [-0.05, 0) is 110 Å². The van der Waals surface area contributed by atoms with Gasteiger partial charge in [-0.15, -0.1) is 0 Å². The molecule has 222 valence electrons. The van der Waals surface area contributed by atoms with Crippen molar-refractivity contribution in [3.8, 4) is 0 Å². The van der Waals surface area contributed by atoms with E-state index in [4.69, 9.17) is 9.47 Å². The summed E-state index contributed by atoms with van der Waals surface area (Å²) in [6.45, 7) is 12.3. The molecule has 0 radical (unpaired) electrons. The molecule has 0 spiro atoms. The van der Waals surface area contributed by atoms with E-state index < -0.39 is 37.3 Å². The molecule has 6 heteroatoms. The van der Waals surface area contributed by atoms with Gasteiger partial charge in [0.2, 0.25) is 0 Å². The maximum atomic E-state index is 10.5. The van der Waals surface area contributed by atoms with Crippen LogP contribution in [-0.4, -0.2) is 63.8 Å². The maximum absolute atomic E-state index is 10.5. The third-order valence-electron chi connectivity index (χ3n) is 13.4. The predicted molar refractivity (Wildman–Crippen MR) is 149 cm³/mol. The van der Waals surface area contributed by atoms with Crippen molar-refractivity contribution in [2.24, 2.45) is 58.2 Å². The molecular weight excluding hydrogens is 492 g/mol. The van der Waals surface area contributed by atoms with Crippen LogP contribution in [0.5, 0.6) is 0 Å². The summed E-state index contributed by atoms with van der Waals surface area (Å²) in [4.78, 5) is 0. The number of allylic oxidation sites excluding steroid dienone is 1. The third-order valence-corrected chi connectivity index (χ3v) is 13.4. The highest BCUT2D eigenvalue weighted by Gasteiger charge is 2.63. The summed E-state index contributed by atoms with van der Waals surface area (Å²) in [5.41, 5.74) is 2.21. The second-order valence-corrected chi connectivity index (χ2v) is 15.4. The highest BCUT2D eigenvalue weighted by Crippen LogP contribution is 2.71. The first-order valence-electron chi connectivity index (χ1n) is 16.1. The minimum atomic E-state index is -1.39. The first kappa shape index (κ1) is 28.6. The van der Waals surface area contributed by atoms with E-state index in [1.807, 2.05) is 0 Å². The average Bonchev–Trinajstić information content (AvgIpc) is 3.23. The van der Waals surface area contributed by atoms with Crippen molar-refractivity contribution in [2.45, 2.75) is 129 Å². The van der Waals surface area contributed by atoms with Crippen LogP contribution in [-0.2, 0) is 9.47 Å². The van der Waals surface area contributed by atoms with Crippen molar-refractivity contribution < 1.29 is 29.9 Å². The van der Waals surface area contributed by atoms with Crippen molar-refractivity contribution >= 4 is 0 Å². The van der Waals surface area contributed by atoms with Crippen LogP contribution in [0.4, 0.5) is 0 Å². The molecule has 39 heavy (non-hydrogen) atoms. The van der Waals surface area contributed by atoms with Crippen LogP contribution in [0.3, 0.4) is 0 Å². The topological polar surface area (TPSA) is 99.4 Å². The molecule has 0 amide bonds. The van der Waals surface area contributed by atoms with Gasteiger partial charge in [0.05, 0.1) is 12.7 Å². The zero-order valence-corrected chi connectivity index (χ0v) is 24.8. The van der Waals surface area contributed by atoms with Gasteiger partial charge in [-0.25, -0.2) is 0 Å². The second kappa shape index (κ2) is 10.3. The van der Waals surface area contributed by atoms with Crippen molar-refractivity contribution in [1.29, 1.82) is 0 Å². The zero-order chi connectivity index (χ0) is 27.9. The fraction of sp³-hybridized carbons (Fsp3) is 0.939. The Morgan fingerprint density at radius 1 is 0.974 bits per heavy atom. The van der Waals surface area contributed by atoms with Crippen LogP contribution < -0.4 is 0 Å². The molecule has 5 fully saturated rings. The Balaban J connectivity index is 1.19. The Bertz CT molecular complexity index is 933. The molecule has 0 aromatic rings. The number of ether oxygens (including phenoxy) is 2. The van der Waals surface area contributed by atoms with Crippen molar-refractivity contribution in [1.82, 2.24) is 0 Å². The predicted octanol–water partition coefficient (Wildman–Crippen LogP) is 4.68. The Labute approximate surface area is 235 Å². The number of fused-ring (bicyclic) bond motifs is 7. The quantitative estimate of drug-likeness (QED) is 0.382. The number of aliphatic hydroxyl groups excluding tert-OH is 4. The Morgan fingerprint density at radius 2 is 1.74 bits per heavy atom. The molecule has 1 heterocycles. The Kier molecular flexibility index (Phi) is 7.59. The maximum Gasteiger partial charge on any atom is 0.186 e. The van der Waals surface area contributed by atoms with Crippen LogP contribution in [0.2, 0.25) is 0 Å². The van der Waals surface area contributed by atoms with Crippen LogP contribution in [0.15, 0.2) is 11.6 Å². The van der Waals surface area contributed by atoms with E-state index in [0.29, 0.717) is 5.41 Å². The summed E-state index contributed by atoms with van der Waals surface area (Å²) in [7, 11) is 0. The fourth-order valence-corrected chi connectivity index (χ4v) is 11.4. The highest BCUT2D eigenvalue weighted by atomic mass is 16.7. The normalized spacial score (nSPS) is 55.3. The first-order chi connectivity index (χ1) is 18.5. The monoisotopic (exact) mass is 546 g/mol. The summed E-state index contributed by atoms with van der Waals surface area (Å²) < 4.78 is 11.9. The van der Waals surface area contributed by atoms with Gasteiger partial charge in [0, 0.05) is 0 Å². The van der Waals surface area contributed by atoms with E-state index in [-0.39, 0.29) is 11.5 Å². The van der Waals surface area contributed by atoms with E-state index in [1.165, 1.54) is 44.1 Å². The van der Waals surface area contributed by atoms with Gasteiger partial charge in [0.15, 0.2) is 6.29 Å². The van der Waals surface area contributed by atoms with E-state index in [2.05, 4.69) is 40.7 Å². The molecule has 4 saturated carbocycles. The lowest BCUT2D eigenvalue weighted by Crippen LogP contribution is -2.60. The number of rotatable bonds is 4.